The lowest BCUT2D eigenvalue weighted by Crippen LogP contribution is -2.22. The van der Waals surface area contributed by atoms with Crippen molar-refractivity contribution >= 4 is 16.9 Å². The number of nitrogens with one attached hydrogen (secondary N) is 1. The molecule has 0 unspecified atom stereocenters. The average molecular weight is 458 g/mol. The van der Waals surface area contributed by atoms with E-state index < -0.39 is 0 Å². The molecule has 1 heterocycles. The Morgan fingerprint density at radius 2 is 1.26 bits per heavy atom. The van der Waals surface area contributed by atoms with Crippen molar-refractivity contribution in [1.29, 1.82) is 0 Å². The van der Waals surface area contributed by atoms with E-state index in [1.54, 1.807) is 0 Å². The van der Waals surface area contributed by atoms with Crippen molar-refractivity contribution in [1.82, 2.24) is 15.3 Å². The second-order valence-electron chi connectivity index (χ2n) is 9.03. The van der Waals surface area contributed by atoms with Gasteiger partial charge in [0, 0.05) is 23.2 Å². The number of fused-ring (bicyclic) bond motifs is 1. The van der Waals surface area contributed by atoms with E-state index in [0.29, 0.717) is 17.6 Å². The molecule has 1 aromatic heterocycles. The number of amides is 1. The minimum atomic E-state index is -0.130. The van der Waals surface area contributed by atoms with Crippen LogP contribution in [0.2, 0.25) is 0 Å². The smallest absolute Gasteiger partial charge is 0.251 e. The molecule has 0 fully saturated rings. The number of hydrogen-bond acceptors (Lipinski definition) is 3. The number of aromatic nitrogens is 2. The van der Waals surface area contributed by atoms with Crippen LogP contribution < -0.4 is 5.32 Å². The van der Waals surface area contributed by atoms with E-state index in [9.17, 15) is 4.79 Å². The highest BCUT2D eigenvalue weighted by Gasteiger charge is 2.15. The first-order valence-electron chi connectivity index (χ1n) is 11.8. The Bertz CT molecular complexity index is 1540. The van der Waals surface area contributed by atoms with E-state index >= 15 is 0 Å². The average Bonchev–Trinajstić information content (AvgIpc) is 2.87. The van der Waals surface area contributed by atoms with Gasteiger partial charge in [-0.15, -0.1) is 0 Å². The second kappa shape index (κ2) is 9.51. The van der Waals surface area contributed by atoms with Crippen LogP contribution in [0.25, 0.3) is 33.5 Å². The fourth-order valence-corrected chi connectivity index (χ4v) is 4.17. The van der Waals surface area contributed by atoms with Crippen LogP contribution in [0, 0.1) is 20.8 Å². The number of hydrogen-bond donors (Lipinski definition) is 1. The molecule has 4 nitrogen and oxygen atoms in total. The van der Waals surface area contributed by atoms with Crippen LogP contribution >= 0.6 is 0 Å². The van der Waals surface area contributed by atoms with Crippen LogP contribution in [0.3, 0.4) is 0 Å². The summed E-state index contributed by atoms with van der Waals surface area (Å²) in [5.41, 5.74) is 10.3. The lowest BCUT2D eigenvalue weighted by molar-refractivity contribution is 0.0951. The number of benzene rings is 4. The molecule has 0 aliphatic rings. The van der Waals surface area contributed by atoms with Crippen LogP contribution in [0.5, 0.6) is 0 Å². The maximum Gasteiger partial charge on any atom is 0.251 e. The number of aryl methyl sites for hydroxylation is 3. The first kappa shape index (κ1) is 22.5. The minimum absolute atomic E-state index is 0.130. The minimum Gasteiger partial charge on any atom is -0.348 e. The van der Waals surface area contributed by atoms with Gasteiger partial charge in [-0.25, -0.2) is 9.97 Å². The van der Waals surface area contributed by atoms with Crippen LogP contribution in [-0.2, 0) is 6.54 Å². The summed E-state index contributed by atoms with van der Waals surface area (Å²) in [6, 6.07) is 30.3. The third-order valence-electron chi connectivity index (χ3n) is 6.08. The Kier molecular flexibility index (Phi) is 6.11. The molecular weight excluding hydrogens is 430 g/mol. The highest BCUT2D eigenvalue weighted by Crippen LogP contribution is 2.32. The van der Waals surface area contributed by atoms with E-state index in [0.717, 1.165) is 39.2 Å². The molecule has 0 radical (unpaired) electrons. The van der Waals surface area contributed by atoms with Gasteiger partial charge in [-0.1, -0.05) is 77.4 Å². The normalized spacial score (nSPS) is 10.9. The van der Waals surface area contributed by atoms with E-state index in [-0.39, 0.29) is 5.91 Å². The summed E-state index contributed by atoms with van der Waals surface area (Å²) in [6.07, 6.45) is 0. The maximum atomic E-state index is 12.9. The molecule has 172 valence electrons. The van der Waals surface area contributed by atoms with Gasteiger partial charge in [0.05, 0.1) is 22.4 Å². The molecule has 4 heteroatoms. The van der Waals surface area contributed by atoms with Gasteiger partial charge >= 0.3 is 0 Å². The molecule has 35 heavy (non-hydrogen) atoms. The van der Waals surface area contributed by atoms with Gasteiger partial charge in [-0.2, -0.15) is 0 Å². The van der Waals surface area contributed by atoms with Crippen molar-refractivity contribution in [2.24, 2.45) is 0 Å². The molecule has 0 aliphatic heterocycles. The van der Waals surface area contributed by atoms with E-state index in [4.69, 9.17) is 9.97 Å². The van der Waals surface area contributed by atoms with Crippen molar-refractivity contribution in [3.63, 3.8) is 0 Å². The van der Waals surface area contributed by atoms with E-state index in [1.165, 1.54) is 11.1 Å². The van der Waals surface area contributed by atoms with Gasteiger partial charge in [0.15, 0.2) is 0 Å². The molecule has 0 bridgehead atoms. The summed E-state index contributed by atoms with van der Waals surface area (Å²) in [7, 11) is 0. The summed E-state index contributed by atoms with van der Waals surface area (Å²) in [5.74, 6) is -0.130. The Labute approximate surface area is 205 Å². The topological polar surface area (TPSA) is 54.9 Å². The molecule has 5 aromatic rings. The Balaban J connectivity index is 1.54. The standard InChI is InChI=1S/C31H27N3O/c1-20-10-12-23(13-11-20)19-32-31(35)26-14-15-27-28(18-26)34-30(25-9-5-7-22(3)17-25)29(33-27)24-8-4-6-21(2)16-24/h4-18H,19H2,1-3H3,(H,32,35). The number of nitrogens with zero attached hydrogens (tertiary/aromatic N) is 2. The molecular formula is C31H27N3O. The van der Waals surface area contributed by atoms with Crippen LogP contribution in [-0.4, -0.2) is 15.9 Å². The van der Waals surface area contributed by atoms with Gasteiger partial charge in [-0.05, 0) is 56.7 Å². The highest BCUT2D eigenvalue weighted by atomic mass is 16.1. The number of rotatable bonds is 5. The number of carbonyl (C=O) groups excluding carboxylic acids is 1. The van der Waals surface area contributed by atoms with E-state index in [1.807, 2.05) is 61.5 Å². The third-order valence-corrected chi connectivity index (χ3v) is 6.08. The monoisotopic (exact) mass is 457 g/mol. The van der Waals surface area contributed by atoms with E-state index in [2.05, 4.69) is 55.6 Å². The predicted molar refractivity (Wildman–Crippen MR) is 142 cm³/mol. The molecule has 4 aromatic carbocycles. The fraction of sp³-hybridized carbons (Fsp3) is 0.129. The lowest BCUT2D eigenvalue weighted by Gasteiger charge is -2.12. The van der Waals surface area contributed by atoms with Crippen molar-refractivity contribution < 1.29 is 4.79 Å². The van der Waals surface area contributed by atoms with Crippen LogP contribution in [0.4, 0.5) is 0 Å². The second-order valence-corrected chi connectivity index (χ2v) is 9.03. The van der Waals surface area contributed by atoms with Crippen molar-refractivity contribution in [2.75, 3.05) is 0 Å². The molecule has 5 rings (SSSR count). The third kappa shape index (κ3) is 4.97. The maximum absolute atomic E-state index is 12.9. The first-order valence-corrected chi connectivity index (χ1v) is 11.8. The number of carbonyl (C=O) groups is 1. The zero-order chi connectivity index (χ0) is 24.4. The Morgan fingerprint density at radius 3 is 1.86 bits per heavy atom. The van der Waals surface area contributed by atoms with Crippen molar-refractivity contribution in [3.05, 3.63) is 119 Å². The zero-order valence-corrected chi connectivity index (χ0v) is 20.2. The largest absolute Gasteiger partial charge is 0.348 e. The summed E-state index contributed by atoms with van der Waals surface area (Å²) in [5, 5.41) is 3.01. The summed E-state index contributed by atoms with van der Waals surface area (Å²) in [4.78, 5) is 22.9. The molecule has 1 N–H and O–H groups in total. The Hall–Kier alpha value is -4.31. The Morgan fingerprint density at radius 1 is 0.657 bits per heavy atom. The van der Waals surface area contributed by atoms with Gasteiger partial charge in [-0.3, -0.25) is 4.79 Å². The molecule has 0 saturated carbocycles. The van der Waals surface area contributed by atoms with Crippen molar-refractivity contribution in [3.8, 4) is 22.5 Å². The molecule has 0 aliphatic carbocycles. The summed E-state index contributed by atoms with van der Waals surface area (Å²) < 4.78 is 0. The summed E-state index contributed by atoms with van der Waals surface area (Å²) >= 11 is 0. The van der Waals surface area contributed by atoms with Crippen LogP contribution in [0.1, 0.15) is 32.6 Å². The molecule has 1 amide bonds. The molecule has 0 spiro atoms. The van der Waals surface area contributed by atoms with Crippen molar-refractivity contribution in [2.45, 2.75) is 27.3 Å². The van der Waals surface area contributed by atoms with Gasteiger partial charge < -0.3 is 5.32 Å². The summed E-state index contributed by atoms with van der Waals surface area (Å²) in [6.45, 7) is 6.67. The molecule has 0 atom stereocenters. The van der Waals surface area contributed by atoms with Gasteiger partial charge in [0.25, 0.3) is 5.91 Å². The lowest BCUT2D eigenvalue weighted by atomic mass is 10.0. The highest BCUT2D eigenvalue weighted by molar-refractivity contribution is 5.98. The van der Waals surface area contributed by atoms with Gasteiger partial charge in [0.1, 0.15) is 0 Å². The SMILES string of the molecule is Cc1ccc(CNC(=O)c2ccc3nc(-c4cccc(C)c4)c(-c4cccc(C)c4)nc3c2)cc1. The van der Waals surface area contributed by atoms with Gasteiger partial charge in [0.2, 0.25) is 0 Å². The first-order chi connectivity index (χ1) is 17.0. The quantitative estimate of drug-likeness (QED) is 0.315. The molecule has 0 saturated heterocycles. The van der Waals surface area contributed by atoms with Crippen LogP contribution in [0.15, 0.2) is 91.0 Å². The zero-order valence-electron chi connectivity index (χ0n) is 20.2. The predicted octanol–water partition coefficient (Wildman–Crippen LogP) is 6.82. The fourth-order valence-electron chi connectivity index (χ4n) is 4.17.